The molecule has 2 rings (SSSR count). The van der Waals surface area contributed by atoms with Gasteiger partial charge in [-0.2, -0.15) is 0 Å². The van der Waals surface area contributed by atoms with E-state index in [1.165, 1.54) is 6.07 Å². The molecule has 2 aromatic carbocycles. The largest absolute Gasteiger partial charge is 0.496 e. The number of methoxy groups -OCH3 is 1. The molecule has 0 heterocycles. The van der Waals surface area contributed by atoms with E-state index in [4.69, 9.17) is 4.74 Å². The van der Waals surface area contributed by atoms with Crippen LogP contribution < -0.4 is 15.4 Å². The summed E-state index contributed by atoms with van der Waals surface area (Å²) in [4.78, 5) is 11.8. The molecule has 128 valence electrons. The van der Waals surface area contributed by atoms with Crippen LogP contribution in [0.4, 0.5) is 9.18 Å². The summed E-state index contributed by atoms with van der Waals surface area (Å²) in [5.74, 6) is 0.577. The molecular formula is C19H23FN2O2. The molecule has 0 aliphatic heterocycles. The number of aryl methyl sites for hydroxylation is 1. The number of hydrogen-bond donors (Lipinski definition) is 2. The van der Waals surface area contributed by atoms with Gasteiger partial charge in [-0.1, -0.05) is 35.9 Å². The first-order valence-corrected chi connectivity index (χ1v) is 7.99. The third kappa shape index (κ3) is 5.26. The van der Waals surface area contributed by atoms with Crippen LogP contribution in [0.5, 0.6) is 5.75 Å². The van der Waals surface area contributed by atoms with Gasteiger partial charge in [-0.25, -0.2) is 9.18 Å². The molecule has 0 fully saturated rings. The van der Waals surface area contributed by atoms with Crippen molar-refractivity contribution in [2.45, 2.75) is 19.8 Å². The molecule has 5 heteroatoms. The summed E-state index contributed by atoms with van der Waals surface area (Å²) in [6, 6.07) is 12.3. The van der Waals surface area contributed by atoms with E-state index in [1.54, 1.807) is 25.3 Å². The summed E-state index contributed by atoms with van der Waals surface area (Å²) >= 11 is 0. The second kappa shape index (κ2) is 8.91. The van der Waals surface area contributed by atoms with Gasteiger partial charge in [0.15, 0.2) is 0 Å². The van der Waals surface area contributed by atoms with E-state index >= 15 is 0 Å². The number of nitrogens with one attached hydrogen (secondary N) is 2. The molecule has 0 unspecified atom stereocenters. The number of rotatable bonds is 7. The predicted molar refractivity (Wildman–Crippen MR) is 92.9 cm³/mol. The molecule has 0 spiro atoms. The normalized spacial score (nSPS) is 10.3. The van der Waals surface area contributed by atoms with Crippen molar-refractivity contribution in [2.75, 3.05) is 20.2 Å². The van der Waals surface area contributed by atoms with Gasteiger partial charge in [-0.3, -0.25) is 0 Å². The summed E-state index contributed by atoms with van der Waals surface area (Å²) in [6.07, 6.45) is 1.15. The second-order valence-corrected chi connectivity index (χ2v) is 5.59. The quantitative estimate of drug-likeness (QED) is 0.819. The van der Waals surface area contributed by atoms with E-state index in [9.17, 15) is 9.18 Å². The van der Waals surface area contributed by atoms with Gasteiger partial charge >= 0.3 is 6.03 Å². The van der Waals surface area contributed by atoms with Crippen LogP contribution in [0, 0.1) is 12.7 Å². The lowest BCUT2D eigenvalue weighted by atomic mass is 10.1. The average Bonchev–Trinajstić information content (AvgIpc) is 2.57. The van der Waals surface area contributed by atoms with Crippen LogP contribution in [-0.4, -0.2) is 26.2 Å². The van der Waals surface area contributed by atoms with E-state index in [2.05, 4.69) is 16.7 Å². The third-order valence-corrected chi connectivity index (χ3v) is 3.75. The molecular weight excluding hydrogens is 307 g/mol. The number of benzene rings is 2. The minimum Gasteiger partial charge on any atom is -0.496 e. The van der Waals surface area contributed by atoms with E-state index in [0.717, 1.165) is 16.9 Å². The Balaban J connectivity index is 1.72. The maximum Gasteiger partial charge on any atom is 0.314 e. The predicted octanol–water partition coefficient (Wildman–Crippen LogP) is 3.23. The minimum absolute atomic E-state index is 0.244. The van der Waals surface area contributed by atoms with Crippen LogP contribution in [-0.2, 0) is 12.8 Å². The van der Waals surface area contributed by atoms with Gasteiger partial charge in [-0.05, 0) is 43.0 Å². The van der Waals surface area contributed by atoms with Gasteiger partial charge in [0, 0.05) is 13.1 Å². The zero-order valence-electron chi connectivity index (χ0n) is 14.1. The number of amides is 2. The summed E-state index contributed by atoms with van der Waals surface area (Å²) in [5.41, 5.74) is 2.81. The molecule has 0 aromatic heterocycles. The Labute approximate surface area is 142 Å². The van der Waals surface area contributed by atoms with Gasteiger partial charge < -0.3 is 15.4 Å². The lowest BCUT2D eigenvalue weighted by molar-refractivity contribution is 0.241. The maximum absolute atomic E-state index is 13.5. The molecule has 0 aliphatic rings. The molecule has 0 aliphatic carbocycles. The fraction of sp³-hybridized carbons (Fsp3) is 0.316. The number of carbonyl (C=O) groups excluding carboxylic acids is 1. The van der Waals surface area contributed by atoms with Crippen LogP contribution >= 0.6 is 0 Å². The first-order valence-electron chi connectivity index (χ1n) is 7.99. The van der Waals surface area contributed by atoms with Crippen LogP contribution in [0.15, 0.2) is 42.5 Å². The molecule has 0 saturated heterocycles. The highest BCUT2D eigenvalue weighted by atomic mass is 19.1. The number of carbonyl (C=O) groups is 1. The Kier molecular flexibility index (Phi) is 6.61. The Morgan fingerprint density at radius 2 is 1.71 bits per heavy atom. The van der Waals surface area contributed by atoms with Gasteiger partial charge in [0.05, 0.1) is 7.11 Å². The van der Waals surface area contributed by atoms with E-state index < -0.39 is 0 Å². The van der Waals surface area contributed by atoms with Crippen LogP contribution in [0.2, 0.25) is 0 Å². The summed E-state index contributed by atoms with van der Waals surface area (Å²) in [5, 5.41) is 5.54. The highest BCUT2D eigenvalue weighted by Crippen LogP contribution is 2.19. The SMILES string of the molecule is COc1ccc(C)cc1CCNC(=O)NCCc1ccccc1F. The lowest BCUT2D eigenvalue weighted by Crippen LogP contribution is -2.37. The summed E-state index contributed by atoms with van der Waals surface area (Å²) < 4.78 is 18.8. The average molecular weight is 330 g/mol. The first kappa shape index (κ1) is 17.8. The molecule has 24 heavy (non-hydrogen) atoms. The summed E-state index contributed by atoms with van der Waals surface area (Å²) in [6.45, 7) is 2.91. The smallest absolute Gasteiger partial charge is 0.314 e. The Hall–Kier alpha value is -2.56. The van der Waals surface area contributed by atoms with Crippen molar-refractivity contribution in [3.8, 4) is 5.75 Å². The first-order chi connectivity index (χ1) is 11.6. The third-order valence-electron chi connectivity index (χ3n) is 3.75. The van der Waals surface area contributed by atoms with Gasteiger partial charge in [-0.15, -0.1) is 0 Å². The molecule has 2 aromatic rings. The van der Waals surface area contributed by atoms with E-state index in [-0.39, 0.29) is 11.8 Å². The fourth-order valence-corrected chi connectivity index (χ4v) is 2.49. The molecule has 2 N–H and O–H groups in total. The van der Waals surface area contributed by atoms with Crippen LogP contribution in [0.1, 0.15) is 16.7 Å². The van der Waals surface area contributed by atoms with Gasteiger partial charge in [0.2, 0.25) is 0 Å². The Morgan fingerprint density at radius 3 is 2.38 bits per heavy atom. The highest BCUT2D eigenvalue weighted by molar-refractivity contribution is 5.73. The van der Waals surface area contributed by atoms with Crippen molar-refractivity contribution in [2.24, 2.45) is 0 Å². The van der Waals surface area contributed by atoms with E-state index in [1.807, 2.05) is 19.1 Å². The van der Waals surface area contributed by atoms with Gasteiger partial charge in [0.25, 0.3) is 0 Å². The number of urea groups is 1. The van der Waals surface area contributed by atoms with Crippen LogP contribution in [0.25, 0.3) is 0 Å². The molecule has 0 bridgehead atoms. The van der Waals surface area contributed by atoms with Crippen molar-refractivity contribution >= 4 is 6.03 Å². The monoisotopic (exact) mass is 330 g/mol. The Bertz CT molecular complexity index is 689. The number of hydrogen-bond acceptors (Lipinski definition) is 2. The standard InChI is InChI=1S/C19H23FN2O2/c1-14-7-8-18(24-2)16(13-14)10-12-22-19(23)21-11-9-15-5-3-4-6-17(15)20/h3-8,13H,9-12H2,1-2H3,(H2,21,22,23). The van der Waals surface area contributed by atoms with Crippen LogP contribution in [0.3, 0.4) is 0 Å². The highest BCUT2D eigenvalue weighted by Gasteiger charge is 2.05. The van der Waals surface area contributed by atoms with E-state index in [0.29, 0.717) is 31.5 Å². The maximum atomic E-state index is 13.5. The second-order valence-electron chi connectivity index (χ2n) is 5.59. The fourth-order valence-electron chi connectivity index (χ4n) is 2.49. The van der Waals surface area contributed by atoms with Crippen molar-refractivity contribution in [3.63, 3.8) is 0 Å². The number of ether oxygens (including phenoxy) is 1. The molecule has 0 saturated carbocycles. The minimum atomic E-state index is -0.252. The number of halogens is 1. The molecule has 0 radical (unpaired) electrons. The topological polar surface area (TPSA) is 50.4 Å². The molecule has 2 amide bonds. The summed E-state index contributed by atoms with van der Waals surface area (Å²) in [7, 11) is 1.64. The zero-order valence-corrected chi connectivity index (χ0v) is 14.1. The molecule has 0 atom stereocenters. The zero-order chi connectivity index (χ0) is 17.4. The van der Waals surface area contributed by atoms with Crippen molar-refractivity contribution < 1.29 is 13.9 Å². The Morgan fingerprint density at radius 1 is 1.04 bits per heavy atom. The van der Waals surface area contributed by atoms with Crippen molar-refractivity contribution in [3.05, 3.63) is 65.0 Å². The van der Waals surface area contributed by atoms with Crippen molar-refractivity contribution in [1.29, 1.82) is 0 Å². The van der Waals surface area contributed by atoms with Crippen molar-refractivity contribution in [1.82, 2.24) is 10.6 Å². The van der Waals surface area contributed by atoms with Gasteiger partial charge in [0.1, 0.15) is 11.6 Å². The lowest BCUT2D eigenvalue weighted by Gasteiger charge is -2.11. The molecule has 4 nitrogen and oxygen atoms in total.